The fourth-order valence-corrected chi connectivity index (χ4v) is 3.11. The lowest BCUT2D eigenvalue weighted by molar-refractivity contribution is 0.145. The van der Waals surface area contributed by atoms with Crippen LogP contribution in [0.1, 0.15) is 42.1 Å². The Labute approximate surface area is 187 Å². The van der Waals surface area contributed by atoms with Gasteiger partial charge < -0.3 is 29.2 Å². The molecule has 0 unspecified atom stereocenters. The van der Waals surface area contributed by atoms with Crippen molar-refractivity contribution in [3.63, 3.8) is 0 Å². The number of hydrogen-bond donors (Lipinski definition) is 3. The molecule has 1 aromatic heterocycles. The highest BCUT2D eigenvalue weighted by Gasteiger charge is 2.13. The number of para-hydroxylation sites is 1. The van der Waals surface area contributed by atoms with Crippen LogP contribution in [0.5, 0.6) is 11.5 Å². The normalized spacial score (nSPS) is 12.5. The van der Waals surface area contributed by atoms with Crippen LogP contribution in [0.3, 0.4) is 0 Å². The lowest BCUT2D eigenvalue weighted by Gasteiger charge is -2.14. The minimum absolute atomic E-state index is 0.216. The van der Waals surface area contributed by atoms with Crippen molar-refractivity contribution >= 4 is 0 Å². The molecule has 0 spiro atoms. The molecular weight excluding hydrogens is 408 g/mol. The maximum absolute atomic E-state index is 10.7. The SMILES string of the molecule is COc1ccc([C@H](O)CC(=C=CC[C@@H](O)c2ccc(CO)o2)COc2ccccc2)cc1. The Hall–Kier alpha value is -3.28. The second-order valence-corrected chi connectivity index (χ2v) is 7.26. The standard InChI is InChI=1S/C26H28O6/c1-30-21-12-10-20(11-13-21)25(29)16-19(18-31-22-7-3-2-4-8-22)6-5-9-24(28)26-15-14-23(17-27)32-26/h2-5,7-8,10-15,24-25,27-29H,9,16-18H2,1H3/t6?,24-,25-/m1/s1. The van der Waals surface area contributed by atoms with Crippen LogP contribution < -0.4 is 9.47 Å². The van der Waals surface area contributed by atoms with Gasteiger partial charge in [0.15, 0.2) is 0 Å². The van der Waals surface area contributed by atoms with Crippen LogP contribution in [-0.4, -0.2) is 29.0 Å². The van der Waals surface area contributed by atoms with Crippen LogP contribution in [0.2, 0.25) is 0 Å². The van der Waals surface area contributed by atoms with Gasteiger partial charge in [0.1, 0.15) is 42.3 Å². The summed E-state index contributed by atoms with van der Waals surface area (Å²) in [5.41, 5.74) is 4.68. The van der Waals surface area contributed by atoms with Crippen LogP contribution in [0.4, 0.5) is 0 Å². The van der Waals surface area contributed by atoms with E-state index in [0.717, 1.165) is 22.6 Å². The summed E-state index contributed by atoms with van der Waals surface area (Å²) in [6.45, 7) is 0.0337. The summed E-state index contributed by atoms with van der Waals surface area (Å²) >= 11 is 0. The van der Waals surface area contributed by atoms with Gasteiger partial charge in [-0.25, -0.2) is 0 Å². The molecule has 0 saturated carbocycles. The quantitative estimate of drug-likeness (QED) is 0.384. The van der Waals surface area contributed by atoms with Gasteiger partial charge in [-0.05, 0) is 48.0 Å². The lowest BCUT2D eigenvalue weighted by Crippen LogP contribution is -2.06. The zero-order chi connectivity index (χ0) is 22.8. The van der Waals surface area contributed by atoms with E-state index in [-0.39, 0.29) is 19.6 Å². The van der Waals surface area contributed by atoms with E-state index in [1.54, 1.807) is 37.5 Å². The van der Waals surface area contributed by atoms with Gasteiger partial charge in [-0.2, -0.15) is 0 Å². The van der Waals surface area contributed by atoms with E-state index in [1.807, 2.05) is 42.5 Å². The van der Waals surface area contributed by atoms with Crippen molar-refractivity contribution in [2.75, 3.05) is 13.7 Å². The van der Waals surface area contributed by atoms with E-state index >= 15 is 0 Å². The van der Waals surface area contributed by atoms with Crippen molar-refractivity contribution in [2.24, 2.45) is 0 Å². The minimum Gasteiger partial charge on any atom is -0.497 e. The Bertz CT molecular complexity index is 1020. The smallest absolute Gasteiger partial charge is 0.133 e. The molecule has 3 aromatic rings. The number of methoxy groups -OCH3 is 1. The zero-order valence-corrected chi connectivity index (χ0v) is 18.0. The molecule has 0 aliphatic rings. The summed E-state index contributed by atoms with van der Waals surface area (Å²) in [5.74, 6) is 2.23. The summed E-state index contributed by atoms with van der Waals surface area (Å²) in [4.78, 5) is 0. The van der Waals surface area contributed by atoms with E-state index in [1.165, 1.54) is 0 Å². The topological polar surface area (TPSA) is 92.3 Å². The van der Waals surface area contributed by atoms with E-state index in [0.29, 0.717) is 17.9 Å². The highest BCUT2D eigenvalue weighted by Crippen LogP contribution is 2.24. The molecule has 32 heavy (non-hydrogen) atoms. The van der Waals surface area contributed by atoms with Crippen LogP contribution in [0.15, 0.2) is 88.5 Å². The highest BCUT2D eigenvalue weighted by atomic mass is 16.5. The van der Waals surface area contributed by atoms with E-state index < -0.39 is 12.2 Å². The van der Waals surface area contributed by atoms with Gasteiger partial charge in [0, 0.05) is 18.4 Å². The molecule has 6 nitrogen and oxygen atoms in total. The van der Waals surface area contributed by atoms with Crippen molar-refractivity contribution in [1.82, 2.24) is 0 Å². The van der Waals surface area contributed by atoms with Gasteiger partial charge in [0.05, 0.1) is 13.2 Å². The molecule has 0 saturated heterocycles. The largest absolute Gasteiger partial charge is 0.497 e. The molecule has 3 N–H and O–H groups in total. The summed E-state index contributed by atoms with van der Waals surface area (Å²) in [6, 6.07) is 19.9. The van der Waals surface area contributed by atoms with Gasteiger partial charge in [-0.3, -0.25) is 0 Å². The van der Waals surface area contributed by atoms with Crippen LogP contribution in [0.25, 0.3) is 0 Å². The van der Waals surface area contributed by atoms with Crippen molar-refractivity contribution in [3.05, 3.63) is 101 Å². The Morgan fingerprint density at radius 2 is 1.72 bits per heavy atom. The maximum atomic E-state index is 10.7. The number of benzene rings is 2. The Morgan fingerprint density at radius 3 is 2.38 bits per heavy atom. The van der Waals surface area contributed by atoms with Crippen LogP contribution in [0, 0.1) is 0 Å². The van der Waals surface area contributed by atoms with Gasteiger partial charge in [-0.1, -0.05) is 30.3 Å². The Balaban J connectivity index is 1.71. The Morgan fingerprint density at radius 1 is 0.969 bits per heavy atom. The van der Waals surface area contributed by atoms with E-state index in [9.17, 15) is 10.2 Å². The first kappa shape index (κ1) is 23.4. The zero-order valence-electron chi connectivity index (χ0n) is 18.0. The summed E-state index contributed by atoms with van der Waals surface area (Å²) in [6.07, 6.45) is 0.701. The molecule has 1 heterocycles. The molecule has 0 fully saturated rings. The molecule has 0 aliphatic carbocycles. The monoisotopic (exact) mass is 436 g/mol. The molecule has 2 aromatic carbocycles. The molecule has 0 amide bonds. The Kier molecular flexibility index (Phi) is 8.72. The predicted octanol–water partition coefficient (Wildman–Crippen LogP) is 4.49. The summed E-state index contributed by atoms with van der Waals surface area (Å²) in [5, 5.41) is 30.1. The number of aliphatic hydroxyl groups is 3. The average molecular weight is 437 g/mol. The molecule has 6 heteroatoms. The molecular formula is C26H28O6. The number of aliphatic hydroxyl groups excluding tert-OH is 3. The lowest BCUT2D eigenvalue weighted by atomic mass is 10.0. The van der Waals surface area contributed by atoms with Gasteiger partial charge in [-0.15, -0.1) is 5.73 Å². The number of hydrogen-bond acceptors (Lipinski definition) is 6. The second-order valence-electron chi connectivity index (χ2n) is 7.26. The predicted molar refractivity (Wildman–Crippen MR) is 120 cm³/mol. The molecule has 0 bridgehead atoms. The second kappa shape index (κ2) is 11.9. The number of ether oxygens (including phenoxy) is 2. The first-order valence-electron chi connectivity index (χ1n) is 10.4. The van der Waals surface area contributed by atoms with Crippen molar-refractivity contribution in [1.29, 1.82) is 0 Å². The maximum Gasteiger partial charge on any atom is 0.133 e. The van der Waals surface area contributed by atoms with Gasteiger partial charge in [0.2, 0.25) is 0 Å². The summed E-state index contributed by atoms with van der Waals surface area (Å²) in [7, 11) is 1.60. The first-order valence-corrected chi connectivity index (χ1v) is 10.4. The van der Waals surface area contributed by atoms with Crippen molar-refractivity contribution in [2.45, 2.75) is 31.7 Å². The number of furan rings is 1. The molecule has 2 atom stereocenters. The van der Waals surface area contributed by atoms with Gasteiger partial charge >= 0.3 is 0 Å². The molecule has 0 aliphatic heterocycles. The molecule has 168 valence electrons. The number of rotatable bonds is 11. The average Bonchev–Trinajstić information content (AvgIpc) is 3.32. The third-order valence-electron chi connectivity index (χ3n) is 4.91. The first-order chi connectivity index (χ1) is 15.6. The van der Waals surface area contributed by atoms with Crippen molar-refractivity contribution in [3.8, 4) is 11.5 Å². The van der Waals surface area contributed by atoms with Crippen LogP contribution in [-0.2, 0) is 6.61 Å². The minimum atomic E-state index is -0.856. The fourth-order valence-electron chi connectivity index (χ4n) is 3.11. The molecule has 0 radical (unpaired) electrons. The van der Waals surface area contributed by atoms with Gasteiger partial charge in [0.25, 0.3) is 0 Å². The third-order valence-corrected chi connectivity index (χ3v) is 4.91. The van der Waals surface area contributed by atoms with E-state index in [2.05, 4.69) is 5.73 Å². The van der Waals surface area contributed by atoms with Crippen molar-refractivity contribution < 1.29 is 29.2 Å². The fraction of sp³-hybridized carbons (Fsp3) is 0.269. The van der Waals surface area contributed by atoms with E-state index in [4.69, 9.17) is 19.0 Å². The molecule has 3 rings (SSSR count). The van der Waals surface area contributed by atoms with Crippen LogP contribution >= 0.6 is 0 Å². The summed E-state index contributed by atoms with van der Waals surface area (Å²) < 4.78 is 16.4. The highest BCUT2D eigenvalue weighted by molar-refractivity contribution is 5.29. The third kappa shape index (κ3) is 6.87.